The first-order valence-corrected chi connectivity index (χ1v) is 9.84. The first-order valence-electron chi connectivity index (χ1n) is 9.84. The van der Waals surface area contributed by atoms with E-state index in [1.165, 1.54) is 31.4 Å². The Bertz CT molecular complexity index is 782. The number of aromatic nitrogens is 1. The van der Waals surface area contributed by atoms with Crippen LogP contribution in [0.3, 0.4) is 0 Å². The van der Waals surface area contributed by atoms with Crippen molar-refractivity contribution in [3.63, 3.8) is 0 Å². The van der Waals surface area contributed by atoms with Gasteiger partial charge in [-0.25, -0.2) is 13.8 Å². The molecule has 0 bridgehead atoms. The van der Waals surface area contributed by atoms with E-state index in [1.54, 1.807) is 0 Å². The van der Waals surface area contributed by atoms with Gasteiger partial charge in [-0.3, -0.25) is 4.90 Å². The summed E-state index contributed by atoms with van der Waals surface area (Å²) in [6, 6.07) is 3.45. The molecular weight excluding hydrogens is 350 g/mol. The lowest BCUT2D eigenvalue weighted by Gasteiger charge is -2.33. The van der Waals surface area contributed by atoms with Gasteiger partial charge in [-0.05, 0) is 50.7 Å². The molecule has 1 aromatic carbocycles. The SMILES string of the molecule is Cc1oc(-c2ccc(F)cc2F)nc1CN(CC1CCC1)C[C@H]1CCCO1. The second-order valence-corrected chi connectivity index (χ2v) is 7.77. The van der Waals surface area contributed by atoms with Crippen molar-refractivity contribution in [1.29, 1.82) is 0 Å². The van der Waals surface area contributed by atoms with E-state index in [0.717, 1.165) is 50.2 Å². The highest BCUT2D eigenvalue weighted by atomic mass is 19.1. The van der Waals surface area contributed by atoms with Crippen LogP contribution >= 0.6 is 0 Å². The zero-order valence-corrected chi connectivity index (χ0v) is 15.7. The fourth-order valence-corrected chi connectivity index (χ4v) is 3.89. The molecule has 1 saturated carbocycles. The minimum Gasteiger partial charge on any atom is -0.441 e. The Labute approximate surface area is 158 Å². The van der Waals surface area contributed by atoms with Crippen LogP contribution in [0.15, 0.2) is 22.6 Å². The summed E-state index contributed by atoms with van der Waals surface area (Å²) < 4.78 is 38.8. The van der Waals surface area contributed by atoms with E-state index in [-0.39, 0.29) is 17.6 Å². The summed E-state index contributed by atoms with van der Waals surface area (Å²) in [5.41, 5.74) is 1.00. The van der Waals surface area contributed by atoms with Gasteiger partial charge in [-0.15, -0.1) is 0 Å². The number of aryl methyl sites for hydroxylation is 1. The standard InChI is InChI=1S/C21H26F2N2O2/c1-14-20(24-21(27-14)18-8-7-16(22)10-19(18)23)13-25(11-15-4-2-5-15)12-17-6-3-9-26-17/h7-8,10,15,17H,2-6,9,11-13H2,1H3/t17-/m1/s1. The fraction of sp³-hybridized carbons (Fsp3) is 0.571. The van der Waals surface area contributed by atoms with Gasteiger partial charge in [0.1, 0.15) is 17.4 Å². The summed E-state index contributed by atoms with van der Waals surface area (Å²) in [5.74, 6) is 0.365. The Morgan fingerprint density at radius 2 is 2.00 bits per heavy atom. The number of rotatable bonds is 7. The van der Waals surface area contributed by atoms with Gasteiger partial charge < -0.3 is 9.15 Å². The Morgan fingerprint density at radius 1 is 1.15 bits per heavy atom. The molecule has 0 spiro atoms. The van der Waals surface area contributed by atoms with Crippen molar-refractivity contribution in [2.24, 2.45) is 5.92 Å². The second-order valence-electron chi connectivity index (χ2n) is 7.77. The maximum Gasteiger partial charge on any atom is 0.229 e. The topological polar surface area (TPSA) is 38.5 Å². The van der Waals surface area contributed by atoms with E-state index in [4.69, 9.17) is 9.15 Å². The maximum atomic E-state index is 14.1. The molecule has 27 heavy (non-hydrogen) atoms. The fourth-order valence-electron chi connectivity index (χ4n) is 3.89. The van der Waals surface area contributed by atoms with Crippen molar-refractivity contribution < 1.29 is 17.9 Å². The molecule has 1 atom stereocenters. The van der Waals surface area contributed by atoms with Gasteiger partial charge in [0.25, 0.3) is 0 Å². The van der Waals surface area contributed by atoms with Crippen molar-refractivity contribution in [3.8, 4) is 11.5 Å². The number of oxazole rings is 1. The number of halogens is 2. The molecular formula is C21H26F2N2O2. The van der Waals surface area contributed by atoms with Gasteiger partial charge in [0.05, 0.1) is 17.4 Å². The summed E-state index contributed by atoms with van der Waals surface area (Å²) >= 11 is 0. The van der Waals surface area contributed by atoms with E-state index in [9.17, 15) is 8.78 Å². The van der Waals surface area contributed by atoms with Crippen molar-refractivity contribution in [2.45, 2.75) is 51.7 Å². The molecule has 0 amide bonds. The van der Waals surface area contributed by atoms with Gasteiger partial charge in [0.2, 0.25) is 5.89 Å². The van der Waals surface area contributed by atoms with Gasteiger partial charge >= 0.3 is 0 Å². The lowest BCUT2D eigenvalue weighted by Crippen LogP contribution is -2.37. The number of hydrogen-bond donors (Lipinski definition) is 0. The minimum absolute atomic E-state index is 0.190. The lowest BCUT2D eigenvalue weighted by molar-refractivity contribution is 0.0574. The molecule has 1 aromatic heterocycles. The minimum atomic E-state index is -0.659. The predicted octanol–water partition coefficient (Wildman–Crippen LogP) is 4.71. The average molecular weight is 376 g/mol. The zero-order valence-electron chi connectivity index (χ0n) is 15.7. The van der Waals surface area contributed by atoms with E-state index >= 15 is 0 Å². The molecule has 1 aliphatic carbocycles. The number of hydrogen-bond acceptors (Lipinski definition) is 4. The molecule has 1 aliphatic heterocycles. The molecule has 0 unspecified atom stereocenters. The van der Waals surface area contributed by atoms with Crippen molar-refractivity contribution in [2.75, 3.05) is 19.7 Å². The van der Waals surface area contributed by atoms with Gasteiger partial charge in [-0.1, -0.05) is 6.42 Å². The third-order valence-electron chi connectivity index (χ3n) is 5.65. The normalized spacial score (nSPS) is 20.4. The smallest absolute Gasteiger partial charge is 0.229 e. The van der Waals surface area contributed by atoms with Crippen LogP contribution in [0.5, 0.6) is 0 Å². The third-order valence-corrected chi connectivity index (χ3v) is 5.65. The van der Waals surface area contributed by atoms with Crippen molar-refractivity contribution >= 4 is 0 Å². The first kappa shape index (κ1) is 18.6. The van der Waals surface area contributed by atoms with Crippen molar-refractivity contribution in [1.82, 2.24) is 9.88 Å². The summed E-state index contributed by atoms with van der Waals surface area (Å²) in [4.78, 5) is 6.92. The van der Waals surface area contributed by atoms with Crippen LogP contribution in [0.2, 0.25) is 0 Å². The van der Waals surface area contributed by atoms with Crippen LogP contribution in [0.4, 0.5) is 8.78 Å². The largest absolute Gasteiger partial charge is 0.441 e. The highest BCUT2D eigenvalue weighted by Gasteiger charge is 2.26. The van der Waals surface area contributed by atoms with Crippen LogP contribution in [-0.2, 0) is 11.3 Å². The number of ether oxygens (including phenoxy) is 1. The van der Waals surface area contributed by atoms with Gasteiger partial charge in [0, 0.05) is 32.3 Å². The Hall–Kier alpha value is -1.79. The quantitative estimate of drug-likeness (QED) is 0.702. The van der Waals surface area contributed by atoms with Gasteiger partial charge in [-0.2, -0.15) is 0 Å². The Morgan fingerprint density at radius 3 is 2.67 bits per heavy atom. The monoisotopic (exact) mass is 376 g/mol. The van der Waals surface area contributed by atoms with E-state index in [2.05, 4.69) is 9.88 Å². The average Bonchev–Trinajstić information content (AvgIpc) is 3.21. The molecule has 2 aromatic rings. The van der Waals surface area contributed by atoms with E-state index < -0.39 is 11.6 Å². The summed E-state index contributed by atoms with van der Waals surface area (Å²) in [7, 11) is 0. The van der Waals surface area contributed by atoms with Crippen LogP contribution < -0.4 is 0 Å². The molecule has 4 nitrogen and oxygen atoms in total. The highest BCUT2D eigenvalue weighted by molar-refractivity contribution is 5.54. The van der Waals surface area contributed by atoms with E-state index in [1.807, 2.05) is 6.92 Å². The molecule has 0 radical (unpaired) electrons. The number of benzene rings is 1. The van der Waals surface area contributed by atoms with E-state index in [0.29, 0.717) is 12.3 Å². The predicted molar refractivity (Wildman–Crippen MR) is 98.2 cm³/mol. The number of nitrogens with zero attached hydrogens (tertiary/aromatic N) is 2. The molecule has 146 valence electrons. The van der Waals surface area contributed by atoms with Crippen LogP contribution in [-0.4, -0.2) is 35.7 Å². The van der Waals surface area contributed by atoms with Crippen LogP contribution in [0, 0.1) is 24.5 Å². The molecule has 0 N–H and O–H groups in total. The molecule has 1 saturated heterocycles. The highest BCUT2D eigenvalue weighted by Crippen LogP contribution is 2.30. The molecule has 4 rings (SSSR count). The summed E-state index contributed by atoms with van der Waals surface area (Å²) in [6.07, 6.45) is 6.39. The van der Waals surface area contributed by atoms with Crippen LogP contribution in [0.1, 0.15) is 43.6 Å². The van der Waals surface area contributed by atoms with Crippen molar-refractivity contribution in [3.05, 3.63) is 41.3 Å². The molecule has 6 heteroatoms. The zero-order chi connectivity index (χ0) is 18.8. The second kappa shape index (κ2) is 8.07. The summed E-state index contributed by atoms with van der Waals surface area (Å²) in [6.45, 7) is 5.28. The molecule has 2 fully saturated rings. The molecule has 2 heterocycles. The Kier molecular flexibility index (Phi) is 5.55. The van der Waals surface area contributed by atoms with Crippen LogP contribution in [0.25, 0.3) is 11.5 Å². The third kappa shape index (κ3) is 4.38. The van der Waals surface area contributed by atoms with Gasteiger partial charge in [0.15, 0.2) is 0 Å². The maximum absolute atomic E-state index is 14.1. The molecule has 2 aliphatic rings. The Balaban J connectivity index is 1.50. The summed E-state index contributed by atoms with van der Waals surface area (Å²) in [5, 5.41) is 0. The first-order chi connectivity index (χ1) is 13.1. The lowest BCUT2D eigenvalue weighted by atomic mass is 9.85.